The fraction of sp³-hybridized carbons (Fsp3) is 0.0833. The van der Waals surface area contributed by atoms with Crippen LogP contribution in [0.4, 0.5) is 4.79 Å². The van der Waals surface area contributed by atoms with Crippen molar-refractivity contribution in [3.63, 3.8) is 0 Å². The van der Waals surface area contributed by atoms with Crippen LogP contribution >= 0.6 is 0 Å². The summed E-state index contributed by atoms with van der Waals surface area (Å²) in [6.07, 6.45) is 2.30. The number of carbonyl (C=O) groups excluding carboxylic acids is 2. The summed E-state index contributed by atoms with van der Waals surface area (Å²) < 4.78 is 11.8. The molecule has 0 unspecified atom stereocenters. The summed E-state index contributed by atoms with van der Waals surface area (Å²) in [4.78, 5) is 41.5. The van der Waals surface area contributed by atoms with Crippen LogP contribution in [-0.2, 0) is 4.74 Å². The highest BCUT2D eigenvalue weighted by molar-refractivity contribution is 5.93. The Morgan fingerprint density at radius 1 is 1.06 bits per heavy atom. The summed E-state index contributed by atoms with van der Waals surface area (Å²) in [5.74, 6) is -0.351. The van der Waals surface area contributed by atoms with Crippen molar-refractivity contribution in [1.29, 1.82) is 0 Å². The molecule has 32 heavy (non-hydrogen) atoms. The van der Waals surface area contributed by atoms with Crippen molar-refractivity contribution in [2.75, 3.05) is 6.61 Å². The van der Waals surface area contributed by atoms with Crippen LogP contribution in [0.1, 0.15) is 17.3 Å². The van der Waals surface area contributed by atoms with E-state index < -0.39 is 12.1 Å². The lowest BCUT2D eigenvalue weighted by Gasteiger charge is -2.16. The number of aromatic hydroxyl groups is 1. The standard InChI is InChI=1S/C24H18N2O6/c1-2-31-24(30)26-20-10-7-17(27)12-19(20)22(28)13-21(26)15-5-8-18(9-6-15)32-23(29)16-4-3-11-25-14-16/h3-14,27H,2H2,1H3. The third-order valence-electron chi connectivity index (χ3n) is 4.70. The lowest BCUT2D eigenvalue weighted by atomic mass is 10.1. The molecule has 0 amide bonds. The van der Waals surface area contributed by atoms with E-state index in [2.05, 4.69) is 4.98 Å². The second kappa shape index (κ2) is 8.73. The van der Waals surface area contributed by atoms with Crippen LogP contribution in [0.15, 0.2) is 77.9 Å². The van der Waals surface area contributed by atoms with Crippen LogP contribution in [-0.4, -0.2) is 33.3 Å². The molecule has 160 valence electrons. The molecule has 2 aromatic carbocycles. The van der Waals surface area contributed by atoms with E-state index in [0.29, 0.717) is 28.1 Å². The van der Waals surface area contributed by atoms with Crippen LogP contribution in [0.25, 0.3) is 22.2 Å². The maximum absolute atomic E-state index is 12.7. The molecule has 2 heterocycles. The van der Waals surface area contributed by atoms with Crippen LogP contribution in [0.5, 0.6) is 11.5 Å². The molecule has 4 rings (SSSR count). The molecular formula is C24H18N2O6. The minimum Gasteiger partial charge on any atom is -0.508 e. The van der Waals surface area contributed by atoms with Crippen molar-refractivity contribution in [1.82, 2.24) is 9.55 Å². The lowest BCUT2D eigenvalue weighted by Crippen LogP contribution is -2.20. The Kier molecular flexibility index (Phi) is 5.67. The van der Waals surface area contributed by atoms with E-state index in [1.54, 1.807) is 49.5 Å². The van der Waals surface area contributed by atoms with E-state index in [9.17, 15) is 19.5 Å². The van der Waals surface area contributed by atoms with Crippen molar-refractivity contribution in [2.45, 2.75) is 6.92 Å². The predicted octanol–water partition coefficient (Wildman–Crippen LogP) is 3.99. The van der Waals surface area contributed by atoms with Crippen molar-refractivity contribution >= 4 is 23.0 Å². The molecule has 1 N–H and O–H groups in total. The van der Waals surface area contributed by atoms with Gasteiger partial charge in [-0.3, -0.25) is 9.78 Å². The first-order valence-corrected chi connectivity index (χ1v) is 9.76. The number of fused-ring (bicyclic) bond motifs is 1. The summed E-state index contributed by atoms with van der Waals surface area (Å²) >= 11 is 0. The van der Waals surface area contributed by atoms with Gasteiger partial charge in [0.25, 0.3) is 0 Å². The number of carbonyl (C=O) groups is 2. The molecule has 0 saturated heterocycles. The molecule has 8 nitrogen and oxygen atoms in total. The monoisotopic (exact) mass is 430 g/mol. The van der Waals surface area contributed by atoms with Gasteiger partial charge in [0.1, 0.15) is 11.5 Å². The van der Waals surface area contributed by atoms with Gasteiger partial charge in [-0.25, -0.2) is 14.2 Å². The van der Waals surface area contributed by atoms with Crippen LogP contribution in [0, 0.1) is 0 Å². The Labute approximate surface area is 182 Å². The van der Waals surface area contributed by atoms with Crippen molar-refractivity contribution in [3.8, 4) is 22.8 Å². The number of hydrogen-bond donors (Lipinski definition) is 1. The summed E-state index contributed by atoms with van der Waals surface area (Å²) in [6, 6.07) is 15.1. The van der Waals surface area contributed by atoms with Gasteiger partial charge in [-0.15, -0.1) is 0 Å². The predicted molar refractivity (Wildman–Crippen MR) is 117 cm³/mol. The van der Waals surface area contributed by atoms with Gasteiger partial charge >= 0.3 is 12.1 Å². The molecular weight excluding hydrogens is 412 g/mol. The number of ether oxygens (including phenoxy) is 2. The highest BCUT2D eigenvalue weighted by Crippen LogP contribution is 2.27. The molecule has 0 aliphatic rings. The molecule has 4 aromatic rings. The summed E-state index contributed by atoms with van der Waals surface area (Å²) in [7, 11) is 0. The lowest BCUT2D eigenvalue weighted by molar-refractivity contribution is 0.0734. The highest BCUT2D eigenvalue weighted by Gasteiger charge is 2.18. The van der Waals surface area contributed by atoms with Gasteiger partial charge in [-0.1, -0.05) is 0 Å². The van der Waals surface area contributed by atoms with E-state index in [-0.39, 0.29) is 23.2 Å². The number of rotatable bonds is 4. The van der Waals surface area contributed by atoms with E-state index >= 15 is 0 Å². The minimum atomic E-state index is -0.662. The molecule has 0 bridgehead atoms. The fourth-order valence-electron chi connectivity index (χ4n) is 3.25. The number of benzene rings is 2. The zero-order valence-electron chi connectivity index (χ0n) is 17.0. The smallest absolute Gasteiger partial charge is 0.418 e. The fourth-order valence-corrected chi connectivity index (χ4v) is 3.25. The third kappa shape index (κ3) is 4.06. The SMILES string of the molecule is CCOC(=O)n1c(-c2ccc(OC(=O)c3cccnc3)cc2)cc(=O)c2cc(O)ccc21. The molecule has 0 saturated carbocycles. The first-order chi connectivity index (χ1) is 15.5. The number of pyridine rings is 2. The Morgan fingerprint density at radius 2 is 1.84 bits per heavy atom. The Hall–Kier alpha value is -4.46. The first-order valence-electron chi connectivity index (χ1n) is 9.76. The van der Waals surface area contributed by atoms with Crippen molar-refractivity contribution in [2.24, 2.45) is 0 Å². The summed E-state index contributed by atoms with van der Waals surface area (Å²) in [6.45, 7) is 1.83. The first kappa shape index (κ1) is 20.8. The number of nitrogens with zero attached hydrogens (tertiary/aromatic N) is 2. The number of hydrogen-bond acceptors (Lipinski definition) is 7. The molecule has 0 atom stereocenters. The maximum Gasteiger partial charge on any atom is 0.418 e. The van der Waals surface area contributed by atoms with E-state index in [4.69, 9.17) is 9.47 Å². The van der Waals surface area contributed by atoms with Crippen LogP contribution in [0.3, 0.4) is 0 Å². The summed E-state index contributed by atoms with van der Waals surface area (Å²) in [5, 5.41) is 9.93. The van der Waals surface area contributed by atoms with Gasteiger partial charge in [0.2, 0.25) is 0 Å². The van der Waals surface area contributed by atoms with Gasteiger partial charge in [-0.05, 0) is 67.1 Å². The molecule has 0 radical (unpaired) electrons. The molecule has 0 aliphatic carbocycles. The average Bonchev–Trinajstić information content (AvgIpc) is 2.80. The Balaban J connectivity index is 1.75. The van der Waals surface area contributed by atoms with Gasteiger partial charge in [-0.2, -0.15) is 0 Å². The van der Waals surface area contributed by atoms with Crippen molar-refractivity contribution < 1.29 is 24.2 Å². The maximum atomic E-state index is 12.7. The van der Waals surface area contributed by atoms with Gasteiger partial charge in [0.05, 0.1) is 23.4 Å². The zero-order valence-corrected chi connectivity index (χ0v) is 17.0. The van der Waals surface area contributed by atoms with Crippen LogP contribution < -0.4 is 10.2 Å². The van der Waals surface area contributed by atoms with Gasteiger partial charge in [0.15, 0.2) is 5.43 Å². The minimum absolute atomic E-state index is 0.0856. The molecule has 0 spiro atoms. The third-order valence-corrected chi connectivity index (χ3v) is 4.70. The molecule has 8 heteroatoms. The second-order valence-corrected chi connectivity index (χ2v) is 6.79. The average molecular weight is 430 g/mol. The van der Waals surface area contributed by atoms with Crippen LogP contribution in [0.2, 0.25) is 0 Å². The van der Waals surface area contributed by atoms with Gasteiger partial charge < -0.3 is 14.6 Å². The van der Waals surface area contributed by atoms with E-state index in [0.717, 1.165) is 0 Å². The Morgan fingerprint density at radius 3 is 2.53 bits per heavy atom. The quantitative estimate of drug-likeness (QED) is 0.385. The molecule has 0 aliphatic heterocycles. The van der Waals surface area contributed by atoms with Gasteiger partial charge in [0, 0.05) is 23.8 Å². The normalized spacial score (nSPS) is 10.7. The van der Waals surface area contributed by atoms with E-state index in [1.165, 1.54) is 35.0 Å². The molecule has 0 fully saturated rings. The second-order valence-electron chi connectivity index (χ2n) is 6.79. The zero-order chi connectivity index (χ0) is 22.7. The topological polar surface area (TPSA) is 108 Å². The number of esters is 1. The summed E-state index contributed by atoms with van der Waals surface area (Å²) in [5.41, 5.74) is 1.09. The van der Waals surface area contributed by atoms with Crippen molar-refractivity contribution in [3.05, 3.63) is 88.8 Å². The Bertz CT molecular complexity index is 1360. The highest BCUT2D eigenvalue weighted by atomic mass is 16.5. The largest absolute Gasteiger partial charge is 0.508 e. The van der Waals surface area contributed by atoms with E-state index in [1.807, 2.05) is 0 Å². The number of phenolic OH excluding ortho intramolecular Hbond substituents is 1. The number of phenols is 1. The molecule has 2 aromatic heterocycles. The number of aromatic nitrogens is 2.